The maximum absolute atomic E-state index is 11.3. The molecule has 3 N–H and O–H groups in total. The maximum atomic E-state index is 11.3. The molecule has 4 heteroatoms. The van der Waals surface area contributed by atoms with Gasteiger partial charge >= 0.3 is 0 Å². The van der Waals surface area contributed by atoms with Crippen molar-refractivity contribution >= 4 is 5.91 Å². The predicted molar refractivity (Wildman–Crippen MR) is 51.9 cm³/mol. The second-order valence-corrected chi connectivity index (χ2v) is 3.22. The highest BCUT2D eigenvalue weighted by molar-refractivity contribution is 5.88. The van der Waals surface area contributed by atoms with E-state index < -0.39 is 6.04 Å². The molecule has 1 heterocycles. The third kappa shape index (κ3) is 2.09. The van der Waals surface area contributed by atoms with Crippen molar-refractivity contribution < 1.29 is 4.79 Å². The number of nitrogens with zero attached hydrogens (tertiary/aromatic N) is 1. The van der Waals surface area contributed by atoms with Gasteiger partial charge in [-0.25, -0.2) is 0 Å². The molecule has 0 aromatic carbocycles. The maximum Gasteiger partial charge on any atom is 0.255 e. The van der Waals surface area contributed by atoms with Gasteiger partial charge in [-0.15, -0.1) is 0 Å². The van der Waals surface area contributed by atoms with Gasteiger partial charge in [-0.3, -0.25) is 14.9 Å². The summed E-state index contributed by atoms with van der Waals surface area (Å²) in [7, 11) is 0. The third-order valence-electron chi connectivity index (χ3n) is 1.91. The number of amides is 1. The SMILES string of the molecule is Cc1ccc(C)n1NC(=O)C(C)N. The van der Waals surface area contributed by atoms with E-state index in [0.29, 0.717) is 0 Å². The Kier molecular flexibility index (Phi) is 2.72. The molecule has 1 aromatic heterocycles. The molecule has 1 rings (SSSR count). The summed E-state index contributed by atoms with van der Waals surface area (Å²) in [6.07, 6.45) is 0. The first-order valence-corrected chi connectivity index (χ1v) is 4.23. The van der Waals surface area contributed by atoms with Crippen LogP contribution in [0.1, 0.15) is 18.3 Å². The first-order valence-electron chi connectivity index (χ1n) is 4.23. The summed E-state index contributed by atoms with van der Waals surface area (Å²) in [6.45, 7) is 5.51. The Labute approximate surface area is 77.7 Å². The molecule has 13 heavy (non-hydrogen) atoms. The second-order valence-electron chi connectivity index (χ2n) is 3.22. The smallest absolute Gasteiger partial charge is 0.255 e. The van der Waals surface area contributed by atoms with Gasteiger partial charge in [-0.1, -0.05) is 0 Å². The molecule has 1 atom stereocenters. The zero-order valence-electron chi connectivity index (χ0n) is 8.16. The molecule has 0 aliphatic carbocycles. The van der Waals surface area contributed by atoms with Crippen molar-refractivity contribution in [2.24, 2.45) is 5.73 Å². The number of nitrogens with two attached hydrogens (primary N) is 1. The summed E-state index contributed by atoms with van der Waals surface area (Å²) in [5.74, 6) is -0.178. The number of aromatic nitrogens is 1. The Morgan fingerprint density at radius 1 is 1.46 bits per heavy atom. The van der Waals surface area contributed by atoms with Crippen molar-refractivity contribution in [1.82, 2.24) is 4.68 Å². The van der Waals surface area contributed by atoms with Gasteiger partial charge in [0.15, 0.2) is 0 Å². The number of carbonyl (C=O) groups excluding carboxylic acids is 1. The lowest BCUT2D eigenvalue weighted by Gasteiger charge is -2.12. The van der Waals surface area contributed by atoms with Crippen LogP contribution in [0, 0.1) is 13.8 Å². The lowest BCUT2D eigenvalue weighted by atomic mass is 10.3. The molecule has 1 aromatic rings. The summed E-state index contributed by atoms with van der Waals surface area (Å²) >= 11 is 0. The average Bonchev–Trinajstić information content (AvgIpc) is 2.35. The van der Waals surface area contributed by atoms with Gasteiger partial charge in [0.1, 0.15) is 0 Å². The first kappa shape index (κ1) is 9.80. The lowest BCUT2D eigenvalue weighted by Crippen LogP contribution is -2.37. The molecule has 0 spiro atoms. The van der Waals surface area contributed by atoms with Crippen LogP contribution in [-0.2, 0) is 4.79 Å². The van der Waals surface area contributed by atoms with Crippen LogP contribution in [0.3, 0.4) is 0 Å². The Morgan fingerprint density at radius 3 is 2.31 bits per heavy atom. The Hall–Kier alpha value is -1.29. The molecule has 1 amide bonds. The van der Waals surface area contributed by atoms with Crippen molar-refractivity contribution in [3.05, 3.63) is 23.5 Å². The van der Waals surface area contributed by atoms with Gasteiger partial charge in [0.05, 0.1) is 6.04 Å². The van der Waals surface area contributed by atoms with Crippen LogP contribution in [0.2, 0.25) is 0 Å². The Balaban J connectivity index is 2.79. The van der Waals surface area contributed by atoms with Gasteiger partial charge < -0.3 is 5.73 Å². The van der Waals surface area contributed by atoms with Gasteiger partial charge in [-0.05, 0) is 32.9 Å². The standard InChI is InChI=1S/C9H15N3O/c1-6-4-5-7(2)12(6)11-9(13)8(3)10/h4-5,8H,10H2,1-3H3,(H,11,13). The Bertz CT molecular complexity index is 295. The summed E-state index contributed by atoms with van der Waals surface area (Å²) in [5.41, 5.74) is 10.1. The molecule has 0 radical (unpaired) electrons. The van der Waals surface area contributed by atoms with Crippen LogP contribution in [0.4, 0.5) is 0 Å². The van der Waals surface area contributed by atoms with E-state index in [1.807, 2.05) is 26.0 Å². The van der Waals surface area contributed by atoms with E-state index in [1.54, 1.807) is 11.6 Å². The van der Waals surface area contributed by atoms with Crippen molar-refractivity contribution in [3.63, 3.8) is 0 Å². The first-order chi connectivity index (χ1) is 6.02. The molecule has 1 unspecified atom stereocenters. The molecule has 0 saturated carbocycles. The van der Waals surface area contributed by atoms with E-state index in [0.717, 1.165) is 11.4 Å². The van der Waals surface area contributed by atoms with Crippen LogP contribution in [-0.4, -0.2) is 16.6 Å². The predicted octanol–water partition coefficient (Wildman–Crippen LogP) is 0.522. The zero-order chi connectivity index (χ0) is 10.0. The Morgan fingerprint density at radius 2 is 1.92 bits per heavy atom. The van der Waals surface area contributed by atoms with E-state index >= 15 is 0 Å². The third-order valence-corrected chi connectivity index (χ3v) is 1.91. The molecule has 0 bridgehead atoms. The molecular weight excluding hydrogens is 166 g/mol. The number of nitrogens with one attached hydrogen (secondary N) is 1. The fraction of sp³-hybridized carbons (Fsp3) is 0.444. The molecule has 0 fully saturated rings. The van der Waals surface area contributed by atoms with Crippen LogP contribution in [0.25, 0.3) is 0 Å². The molecule has 0 saturated heterocycles. The molecule has 72 valence electrons. The van der Waals surface area contributed by atoms with Crippen LogP contribution < -0.4 is 11.2 Å². The largest absolute Gasteiger partial charge is 0.320 e. The van der Waals surface area contributed by atoms with Crippen LogP contribution in [0.15, 0.2) is 12.1 Å². The minimum absolute atomic E-state index is 0.178. The summed E-state index contributed by atoms with van der Waals surface area (Å²) in [4.78, 5) is 11.3. The minimum atomic E-state index is -0.485. The van der Waals surface area contributed by atoms with Gasteiger partial charge in [0.25, 0.3) is 5.91 Å². The van der Waals surface area contributed by atoms with Crippen molar-refractivity contribution in [2.45, 2.75) is 26.8 Å². The normalized spacial score (nSPS) is 12.6. The highest BCUT2D eigenvalue weighted by Gasteiger charge is 2.09. The van der Waals surface area contributed by atoms with Gasteiger partial charge in [0, 0.05) is 11.4 Å². The zero-order valence-corrected chi connectivity index (χ0v) is 8.16. The van der Waals surface area contributed by atoms with E-state index in [-0.39, 0.29) is 5.91 Å². The van der Waals surface area contributed by atoms with E-state index in [1.165, 1.54) is 0 Å². The fourth-order valence-electron chi connectivity index (χ4n) is 1.06. The van der Waals surface area contributed by atoms with E-state index in [4.69, 9.17) is 5.73 Å². The number of aryl methyl sites for hydroxylation is 2. The van der Waals surface area contributed by atoms with E-state index in [2.05, 4.69) is 5.43 Å². The number of hydrogen-bond acceptors (Lipinski definition) is 2. The topological polar surface area (TPSA) is 60.0 Å². The highest BCUT2D eigenvalue weighted by atomic mass is 16.2. The molecule has 4 nitrogen and oxygen atoms in total. The minimum Gasteiger partial charge on any atom is -0.320 e. The van der Waals surface area contributed by atoms with Gasteiger partial charge in [0.2, 0.25) is 0 Å². The van der Waals surface area contributed by atoms with E-state index in [9.17, 15) is 4.79 Å². The van der Waals surface area contributed by atoms with Crippen molar-refractivity contribution in [1.29, 1.82) is 0 Å². The van der Waals surface area contributed by atoms with Crippen molar-refractivity contribution in [2.75, 3.05) is 5.43 Å². The summed E-state index contributed by atoms with van der Waals surface area (Å²) < 4.78 is 1.73. The fourth-order valence-corrected chi connectivity index (χ4v) is 1.06. The lowest BCUT2D eigenvalue weighted by molar-refractivity contribution is -0.118. The monoisotopic (exact) mass is 181 g/mol. The summed E-state index contributed by atoms with van der Waals surface area (Å²) in [6, 6.07) is 3.40. The number of carbonyl (C=O) groups is 1. The van der Waals surface area contributed by atoms with Gasteiger partial charge in [-0.2, -0.15) is 0 Å². The van der Waals surface area contributed by atoms with Crippen molar-refractivity contribution in [3.8, 4) is 0 Å². The second kappa shape index (κ2) is 3.62. The van der Waals surface area contributed by atoms with Crippen LogP contribution in [0.5, 0.6) is 0 Å². The number of rotatable bonds is 2. The molecule has 0 aliphatic rings. The highest BCUT2D eigenvalue weighted by Crippen LogP contribution is 2.03. The van der Waals surface area contributed by atoms with Crippen LogP contribution >= 0.6 is 0 Å². The molecule has 0 aliphatic heterocycles. The molecular formula is C9H15N3O. The summed E-state index contributed by atoms with van der Waals surface area (Å²) in [5, 5.41) is 0. The number of hydrogen-bond donors (Lipinski definition) is 2. The quantitative estimate of drug-likeness (QED) is 0.699. The average molecular weight is 181 g/mol.